The minimum atomic E-state index is -1.47. The number of carbonyl (C=O) groups is 1. The molecule has 11 nitrogen and oxygen atoms in total. The molecular weight excluding hydrogens is 276 g/mol. The predicted octanol–water partition coefficient (Wildman–Crippen LogP) is -2.50. The highest BCUT2D eigenvalue weighted by Crippen LogP contribution is 2.30. The Hall–Kier alpha value is -2.08. The van der Waals surface area contributed by atoms with Crippen LogP contribution in [0.25, 0.3) is 0 Å². The summed E-state index contributed by atoms with van der Waals surface area (Å²) < 4.78 is 5.95. The molecule has 1 aliphatic rings. The van der Waals surface area contributed by atoms with Crippen LogP contribution in [0.4, 0.5) is 5.69 Å². The maximum Gasteiger partial charge on any atom is 0.320 e. The molecule has 0 bridgehead atoms. The minimum Gasteiger partial charge on any atom is -0.394 e. The molecule has 1 amide bonds. The molecule has 1 aromatic rings. The molecule has 4 atom stereocenters. The molecule has 0 radical (unpaired) electrons. The number of rotatable bonds is 4. The summed E-state index contributed by atoms with van der Waals surface area (Å²) in [6, 6.07) is 0. The van der Waals surface area contributed by atoms with Gasteiger partial charge in [0.05, 0.1) is 11.5 Å². The number of ether oxygens (including phenoxy) is 1. The zero-order valence-electron chi connectivity index (χ0n) is 9.99. The second kappa shape index (κ2) is 5.13. The average Bonchev–Trinajstić information content (AvgIpc) is 2.93. The van der Waals surface area contributed by atoms with Crippen LogP contribution in [-0.4, -0.2) is 60.8 Å². The van der Waals surface area contributed by atoms with Gasteiger partial charge in [0, 0.05) is 0 Å². The van der Waals surface area contributed by atoms with Crippen molar-refractivity contribution in [2.24, 2.45) is 5.73 Å². The van der Waals surface area contributed by atoms with Gasteiger partial charge in [-0.25, -0.2) is 4.68 Å². The lowest BCUT2D eigenvalue weighted by molar-refractivity contribution is -0.385. The van der Waals surface area contributed by atoms with Crippen molar-refractivity contribution < 1.29 is 29.8 Å². The summed E-state index contributed by atoms with van der Waals surface area (Å²) in [5, 5.41) is 42.6. The highest BCUT2D eigenvalue weighted by molar-refractivity contribution is 5.94. The number of aromatic nitrogens is 2. The largest absolute Gasteiger partial charge is 0.394 e. The van der Waals surface area contributed by atoms with Crippen LogP contribution in [0.1, 0.15) is 16.7 Å². The maximum atomic E-state index is 11.1. The zero-order valence-corrected chi connectivity index (χ0v) is 9.99. The van der Waals surface area contributed by atoms with Crippen molar-refractivity contribution in [3.05, 3.63) is 22.0 Å². The number of aliphatic hydroxyl groups excluding tert-OH is 3. The van der Waals surface area contributed by atoms with E-state index in [9.17, 15) is 25.1 Å². The summed E-state index contributed by atoms with van der Waals surface area (Å²) in [7, 11) is 0. The molecular formula is C9H12N4O7. The van der Waals surface area contributed by atoms with E-state index in [-0.39, 0.29) is 0 Å². The van der Waals surface area contributed by atoms with Crippen LogP contribution >= 0.6 is 0 Å². The molecule has 0 saturated carbocycles. The van der Waals surface area contributed by atoms with E-state index in [1.807, 2.05) is 0 Å². The van der Waals surface area contributed by atoms with E-state index in [2.05, 4.69) is 5.10 Å². The summed E-state index contributed by atoms with van der Waals surface area (Å²) in [5.41, 5.74) is 3.73. The van der Waals surface area contributed by atoms with Gasteiger partial charge in [0.15, 0.2) is 6.23 Å². The van der Waals surface area contributed by atoms with Crippen LogP contribution in [0.3, 0.4) is 0 Å². The minimum absolute atomic E-state index is 0.555. The topological polar surface area (TPSA) is 174 Å². The second-order valence-corrected chi connectivity index (χ2v) is 4.19. The molecule has 2 heterocycles. The molecule has 1 aliphatic heterocycles. The third-order valence-corrected chi connectivity index (χ3v) is 2.92. The fourth-order valence-corrected chi connectivity index (χ4v) is 1.92. The van der Waals surface area contributed by atoms with Gasteiger partial charge in [-0.05, 0) is 0 Å². The Bertz CT molecular complexity index is 513. The Kier molecular flexibility index (Phi) is 3.67. The monoisotopic (exact) mass is 288 g/mol. The molecule has 0 aliphatic carbocycles. The van der Waals surface area contributed by atoms with Crippen molar-refractivity contribution in [1.29, 1.82) is 0 Å². The summed E-state index contributed by atoms with van der Waals surface area (Å²) in [5.74, 6) is -1.11. The Labute approximate surface area is 111 Å². The van der Waals surface area contributed by atoms with Gasteiger partial charge in [-0.1, -0.05) is 0 Å². The normalized spacial score (nSPS) is 29.6. The van der Waals surface area contributed by atoms with Crippen LogP contribution in [0.5, 0.6) is 0 Å². The van der Waals surface area contributed by atoms with Crippen molar-refractivity contribution in [3.8, 4) is 0 Å². The third-order valence-electron chi connectivity index (χ3n) is 2.92. The molecule has 1 unspecified atom stereocenters. The van der Waals surface area contributed by atoms with E-state index in [0.29, 0.717) is 0 Å². The van der Waals surface area contributed by atoms with E-state index in [1.165, 1.54) is 0 Å². The maximum absolute atomic E-state index is 11.1. The first kappa shape index (κ1) is 14.3. The van der Waals surface area contributed by atoms with Gasteiger partial charge in [-0.3, -0.25) is 14.9 Å². The number of hydrogen-bond acceptors (Lipinski definition) is 8. The summed E-state index contributed by atoms with van der Waals surface area (Å²) >= 11 is 0. The lowest BCUT2D eigenvalue weighted by Gasteiger charge is -2.14. The highest BCUT2D eigenvalue weighted by atomic mass is 16.6. The first-order chi connectivity index (χ1) is 9.36. The van der Waals surface area contributed by atoms with E-state index in [0.717, 1.165) is 10.9 Å². The van der Waals surface area contributed by atoms with Crippen molar-refractivity contribution in [2.75, 3.05) is 6.61 Å². The second-order valence-electron chi connectivity index (χ2n) is 4.19. The van der Waals surface area contributed by atoms with Crippen molar-refractivity contribution >= 4 is 11.6 Å². The molecule has 11 heteroatoms. The van der Waals surface area contributed by atoms with Crippen molar-refractivity contribution in [2.45, 2.75) is 24.5 Å². The number of carbonyl (C=O) groups excluding carboxylic acids is 1. The van der Waals surface area contributed by atoms with Gasteiger partial charge >= 0.3 is 5.69 Å². The van der Waals surface area contributed by atoms with E-state index in [4.69, 9.17) is 15.6 Å². The molecule has 2 rings (SSSR count). The van der Waals surface area contributed by atoms with E-state index in [1.54, 1.807) is 0 Å². The molecule has 5 N–H and O–H groups in total. The Balaban J connectivity index is 2.37. The van der Waals surface area contributed by atoms with E-state index >= 15 is 0 Å². The third kappa shape index (κ3) is 2.22. The van der Waals surface area contributed by atoms with E-state index < -0.39 is 53.4 Å². The quantitative estimate of drug-likeness (QED) is 0.347. The number of nitrogens with two attached hydrogens (primary N) is 1. The first-order valence-electron chi connectivity index (χ1n) is 5.52. The van der Waals surface area contributed by atoms with Crippen LogP contribution < -0.4 is 5.73 Å². The number of aliphatic hydroxyl groups is 3. The molecule has 0 spiro atoms. The highest BCUT2D eigenvalue weighted by Gasteiger charge is 2.44. The van der Waals surface area contributed by atoms with Gasteiger partial charge in [0.2, 0.25) is 5.69 Å². The lowest BCUT2D eigenvalue weighted by atomic mass is 10.1. The smallest absolute Gasteiger partial charge is 0.320 e. The van der Waals surface area contributed by atoms with Gasteiger partial charge in [0.25, 0.3) is 5.91 Å². The van der Waals surface area contributed by atoms with Crippen molar-refractivity contribution in [3.63, 3.8) is 0 Å². The zero-order chi connectivity index (χ0) is 15.0. The fourth-order valence-electron chi connectivity index (χ4n) is 1.92. The summed E-state index contributed by atoms with van der Waals surface area (Å²) in [6.45, 7) is -0.555. The van der Waals surface area contributed by atoms with Gasteiger partial charge in [0.1, 0.15) is 24.5 Å². The molecule has 1 fully saturated rings. The molecule has 1 aromatic heterocycles. The molecule has 0 aromatic carbocycles. The van der Waals surface area contributed by atoms with Crippen molar-refractivity contribution in [1.82, 2.24) is 9.78 Å². The van der Waals surface area contributed by atoms with Crippen LogP contribution in [-0.2, 0) is 4.74 Å². The van der Waals surface area contributed by atoms with Crippen LogP contribution in [0.15, 0.2) is 6.20 Å². The number of primary amides is 1. The van der Waals surface area contributed by atoms with Gasteiger partial charge in [-0.15, -0.1) is 0 Å². The number of hydrogen-bond donors (Lipinski definition) is 4. The Morgan fingerprint density at radius 3 is 2.60 bits per heavy atom. The number of nitrogens with zero attached hydrogens (tertiary/aromatic N) is 3. The first-order valence-corrected chi connectivity index (χ1v) is 5.52. The molecule has 1 saturated heterocycles. The predicted molar refractivity (Wildman–Crippen MR) is 60.4 cm³/mol. The average molecular weight is 288 g/mol. The van der Waals surface area contributed by atoms with Crippen LogP contribution in [0, 0.1) is 10.1 Å². The fraction of sp³-hybridized carbons (Fsp3) is 0.556. The Morgan fingerprint density at radius 2 is 2.20 bits per heavy atom. The lowest BCUT2D eigenvalue weighted by Crippen LogP contribution is -2.33. The number of amides is 1. The SMILES string of the molecule is NC(=O)c1nn(C2O[C@H](CO)[C@@H](O)[C@H]2O)cc1[N+](=O)[O-]. The number of nitro groups is 1. The molecule has 110 valence electrons. The Morgan fingerprint density at radius 1 is 1.55 bits per heavy atom. The van der Waals surface area contributed by atoms with Gasteiger partial charge < -0.3 is 25.8 Å². The van der Waals surface area contributed by atoms with Gasteiger partial charge in [-0.2, -0.15) is 5.10 Å². The van der Waals surface area contributed by atoms with Crippen LogP contribution in [0.2, 0.25) is 0 Å². The standard InChI is InChI=1S/C9H12N4O7/c10-8(17)5-3(13(18)19)1-12(11-5)9-7(16)6(15)4(2-14)20-9/h1,4,6-7,9,14-16H,2H2,(H2,10,17)/t4-,6-,7-,9?/m1/s1. The molecule has 20 heavy (non-hydrogen) atoms. The summed E-state index contributed by atoms with van der Waals surface area (Å²) in [4.78, 5) is 21.0. The summed E-state index contributed by atoms with van der Waals surface area (Å²) in [6.07, 6.45) is -4.32.